The first-order valence-corrected chi connectivity index (χ1v) is 6.18. The number of ether oxygens (including phenoxy) is 1. The smallest absolute Gasteiger partial charge is 0.161 e. The molecule has 1 fully saturated rings. The number of nitrogens with two attached hydrogens (primary N) is 1. The van der Waals surface area contributed by atoms with Gasteiger partial charge in [-0.05, 0) is 36.8 Å². The van der Waals surface area contributed by atoms with Crippen molar-refractivity contribution >= 4 is 0 Å². The third-order valence-corrected chi connectivity index (χ3v) is 3.97. The zero-order valence-electron chi connectivity index (χ0n) is 10.7. The van der Waals surface area contributed by atoms with Gasteiger partial charge in [0.05, 0.1) is 6.61 Å². The summed E-state index contributed by atoms with van der Waals surface area (Å²) in [6.45, 7) is 7.53. The zero-order chi connectivity index (χ0) is 12.6. The van der Waals surface area contributed by atoms with Gasteiger partial charge in [-0.15, -0.1) is 0 Å². The average molecular weight is 235 g/mol. The van der Waals surface area contributed by atoms with Crippen molar-refractivity contribution in [3.05, 3.63) is 23.8 Å². The molecule has 0 saturated heterocycles. The lowest BCUT2D eigenvalue weighted by Gasteiger charge is -2.11. The number of para-hydroxylation sites is 1. The summed E-state index contributed by atoms with van der Waals surface area (Å²) in [4.78, 5) is 0. The molecule has 1 aliphatic rings. The number of benzene rings is 1. The number of rotatable bonds is 4. The van der Waals surface area contributed by atoms with Crippen molar-refractivity contribution in [2.75, 3.05) is 13.2 Å². The Kier molecular flexibility index (Phi) is 3.04. The fourth-order valence-electron chi connectivity index (χ4n) is 2.86. The molecule has 1 aromatic carbocycles. The first-order valence-electron chi connectivity index (χ1n) is 6.18. The molecule has 1 aromatic rings. The van der Waals surface area contributed by atoms with Gasteiger partial charge in [-0.1, -0.05) is 26.0 Å². The molecule has 1 aliphatic carbocycles. The second-order valence-corrected chi connectivity index (χ2v) is 5.27. The van der Waals surface area contributed by atoms with Gasteiger partial charge in [0, 0.05) is 5.56 Å². The minimum Gasteiger partial charge on any atom is -0.504 e. The molecule has 3 N–H and O–H groups in total. The van der Waals surface area contributed by atoms with Crippen molar-refractivity contribution in [2.45, 2.75) is 26.7 Å². The first-order chi connectivity index (χ1) is 8.04. The van der Waals surface area contributed by atoms with Crippen molar-refractivity contribution in [1.82, 2.24) is 0 Å². The quantitative estimate of drug-likeness (QED) is 0.843. The van der Waals surface area contributed by atoms with E-state index in [1.54, 1.807) is 6.07 Å². The third-order valence-electron chi connectivity index (χ3n) is 3.97. The highest BCUT2D eigenvalue weighted by atomic mass is 16.5. The molecular formula is C14H21NO2. The van der Waals surface area contributed by atoms with Crippen LogP contribution in [0.25, 0.3) is 0 Å². The lowest BCUT2D eigenvalue weighted by atomic mass is 10.0. The maximum absolute atomic E-state index is 10.2. The van der Waals surface area contributed by atoms with E-state index < -0.39 is 0 Å². The minimum absolute atomic E-state index is 0.178. The van der Waals surface area contributed by atoms with Crippen molar-refractivity contribution in [2.24, 2.45) is 17.1 Å². The highest BCUT2D eigenvalue weighted by Crippen LogP contribution is 2.65. The Labute approximate surface area is 103 Å². The summed E-state index contributed by atoms with van der Waals surface area (Å²) >= 11 is 0. The lowest BCUT2D eigenvalue weighted by molar-refractivity contribution is 0.316. The van der Waals surface area contributed by atoms with Crippen molar-refractivity contribution in [3.63, 3.8) is 0 Å². The first kappa shape index (κ1) is 12.2. The normalized spacial score (nSPS) is 25.6. The van der Waals surface area contributed by atoms with Gasteiger partial charge in [0.2, 0.25) is 0 Å². The Bertz CT molecular complexity index is 415. The second kappa shape index (κ2) is 4.22. The van der Waals surface area contributed by atoms with E-state index in [0.29, 0.717) is 30.7 Å². The van der Waals surface area contributed by atoms with E-state index in [2.05, 4.69) is 13.8 Å². The Morgan fingerprint density at radius 3 is 2.65 bits per heavy atom. The van der Waals surface area contributed by atoms with Gasteiger partial charge >= 0.3 is 0 Å². The Morgan fingerprint density at radius 2 is 2.12 bits per heavy atom. The monoisotopic (exact) mass is 235 g/mol. The van der Waals surface area contributed by atoms with Gasteiger partial charge in [-0.25, -0.2) is 0 Å². The fourth-order valence-corrected chi connectivity index (χ4v) is 2.86. The maximum atomic E-state index is 10.2. The summed E-state index contributed by atoms with van der Waals surface area (Å²) < 4.78 is 5.41. The van der Waals surface area contributed by atoms with Crippen LogP contribution in [0.15, 0.2) is 18.2 Å². The summed E-state index contributed by atoms with van der Waals surface area (Å²) in [5.74, 6) is 1.64. The molecule has 94 valence electrons. The summed E-state index contributed by atoms with van der Waals surface area (Å²) in [6, 6.07) is 5.71. The number of hydrogen-bond donors (Lipinski definition) is 2. The largest absolute Gasteiger partial charge is 0.504 e. The van der Waals surface area contributed by atoms with E-state index in [0.717, 1.165) is 5.56 Å². The Balaban J connectivity index is 2.32. The van der Waals surface area contributed by atoms with Crippen LogP contribution in [0.5, 0.6) is 11.5 Å². The van der Waals surface area contributed by atoms with Gasteiger partial charge in [0.1, 0.15) is 0 Å². The van der Waals surface area contributed by atoms with Gasteiger partial charge < -0.3 is 15.6 Å². The van der Waals surface area contributed by atoms with Crippen LogP contribution in [0, 0.1) is 11.3 Å². The van der Waals surface area contributed by atoms with Gasteiger partial charge in [-0.3, -0.25) is 0 Å². The predicted molar refractivity (Wildman–Crippen MR) is 68.3 cm³/mol. The van der Waals surface area contributed by atoms with Crippen molar-refractivity contribution in [1.29, 1.82) is 0 Å². The zero-order valence-corrected chi connectivity index (χ0v) is 10.7. The minimum atomic E-state index is 0.178. The van der Waals surface area contributed by atoms with Gasteiger partial charge in [0.25, 0.3) is 0 Å². The van der Waals surface area contributed by atoms with Crippen LogP contribution in [-0.2, 0) is 0 Å². The van der Waals surface area contributed by atoms with Crippen molar-refractivity contribution in [3.8, 4) is 11.5 Å². The summed E-state index contributed by atoms with van der Waals surface area (Å²) in [6.07, 6.45) is 0. The molecule has 3 nitrogen and oxygen atoms in total. The van der Waals surface area contributed by atoms with Crippen LogP contribution in [0.1, 0.15) is 32.3 Å². The molecule has 0 aromatic heterocycles. The molecule has 0 aliphatic heterocycles. The van der Waals surface area contributed by atoms with Crippen LogP contribution in [0.4, 0.5) is 0 Å². The van der Waals surface area contributed by atoms with Gasteiger partial charge in [0.15, 0.2) is 11.5 Å². The van der Waals surface area contributed by atoms with Crippen LogP contribution >= 0.6 is 0 Å². The average Bonchev–Trinajstić information content (AvgIpc) is 2.84. The fraction of sp³-hybridized carbons (Fsp3) is 0.571. The van der Waals surface area contributed by atoms with E-state index >= 15 is 0 Å². The molecule has 0 radical (unpaired) electrons. The summed E-state index contributed by atoms with van der Waals surface area (Å²) in [7, 11) is 0. The molecule has 2 atom stereocenters. The van der Waals surface area contributed by atoms with E-state index in [1.807, 2.05) is 19.1 Å². The molecule has 3 heteroatoms. The number of aromatic hydroxyl groups is 1. The van der Waals surface area contributed by atoms with Crippen molar-refractivity contribution < 1.29 is 9.84 Å². The Morgan fingerprint density at radius 1 is 1.41 bits per heavy atom. The Hall–Kier alpha value is -1.22. The maximum Gasteiger partial charge on any atom is 0.161 e. The van der Waals surface area contributed by atoms with E-state index in [4.69, 9.17) is 10.5 Å². The molecule has 2 rings (SSSR count). The number of hydrogen-bond acceptors (Lipinski definition) is 3. The molecule has 0 unspecified atom stereocenters. The number of phenolic OH excluding ortho intramolecular Hbond substituents is 1. The summed E-state index contributed by atoms with van der Waals surface area (Å²) in [5.41, 5.74) is 6.92. The standard InChI is InChI=1S/C14H21NO2/c1-4-17-11-7-5-6-9(13(11)16)12-10(8-15)14(12,2)3/h5-7,10,12,16H,4,8,15H2,1-3H3/t10-,12-/m0/s1. The van der Waals surface area contributed by atoms with Crippen LogP contribution in [0.3, 0.4) is 0 Å². The van der Waals surface area contributed by atoms with Crippen LogP contribution in [0.2, 0.25) is 0 Å². The SMILES string of the molecule is CCOc1cccc([C@H]2[C@H](CN)C2(C)C)c1O. The number of phenols is 1. The topological polar surface area (TPSA) is 55.5 Å². The lowest BCUT2D eigenvalue weighted by Crippen LogP contribution is -2.05. The molecule has 17 heavy (non-hydrogen) atoms. The molecule has 0 spiro atoms. The van der Waals surface area contributed by atoms with Crippen LogP contribution < -0.4 is 10.5 Å². The predicted octanol–water partition coefficient (Wildman–Crippen LogP) is 2.49. The molecule has 0 bridgehead atoms. The third kappa shape index (κ3) is 1.89. The molecular weight excluding hydrogens is 214 g/mol. The second-order valence-electron chi connectivity index (χ2n) is 5.27. The van der Waals surface area contributed by atoms with E-state index in [-0.39, 0.29) is 11.2 Å². The molecule has 0 amide bonds. The summed E-state index contributed by atoms with van der Waals surface area (Å²) in [5, 5.41) is 10.2. The van der Waals surface area contributed by atoms with Crippen LogP contribution in [-0.4, -0.2) is 18.3 Å². The van der Waals surface area contributed by atoms with E-state index in [1.165, 1.54) is 0 Å². The van der Waals surface area contributed by atoms with Gasteiger partial charge in [-0.2, -0.15) is 0 Å². The molecule has 1 saturated carbocycles. The highest BCUT2D eigenvalue weighted by molar-refractivity contribution is 5.50. The highest BCUT2D eigenvalue weighted by Gasteiger charge is 2.58. The molecule has 0 heterocycles. The van der Waals surface area contributed by atoms with E-state index in [9.17, 15) is 5.11 Å².